The largest absolute Gasteiger partial charge is 0.497 e. The Labute approximate surface area is 224 Å². The molecule has 0 fully saturated rings. The van der Waals surface area contributed by atoms with Gasteiger partial charge in [0.15, 0.2) is 6.61 Å². The molecule has 1 N–H and O–H groups in total. The number of esters is 1. The molecule has 0 unspecified atom stereocenters. The molecule has 0 spiro atoms. The second-order valence-corrected chi connectivity index (χ2v) is 9.19. The van der Waals surface area contributed by atoms with Crippen molar-refractivity contribution in [1.82, 2.24) is 5.43 Å². The lowest BCUT2D eigenvalue weighted by atomic mass is 10.1. The maximum absolute atomic E-state index is 12.6. The van der Waals surface area contributed by atoms with E-state index >= 15 is 0 Å². The molecule has 1 amide bonds. The summed E-state index contributed by atoms with van der Waals surface area (Å²) in [7, 11) is 1.55. The molecule has 0 saturated carbocycles. The number of amides is 1. The first kappa shape index (κ1) is 25.4. The Balaban J connectivity index is 1.38. The summed E-state index contributed by atoms with van der Waals surface area (Å²) in [5.74, 6) is 0.489. The van der Waals surface area contributed by atoms with Crippen molar-refractivity contribution in [2.45, 2.75) is 0 Å². The van der Waals surface area contributed by atoms with Crippen LogP contribution in [0.1, 0.15) is 15.9 Å². The van der Waals surface area contributed by atoms with E-state index in [4.69, 9.17) is 14.2 Å². The SMILES string of the molecule is COc1ccc(C(=O)Oc2ccc(Br)cc2/C=N\NC(=O)COc2ccc3ccccc3c2Br)cc1. The van der Waals surface area contributed by atoms with Crippen LogP contribution in [0.2, 0.25) is 0 Å². The smallest absolute Gasteiger partial charge is 0.343 e. The highest BCUT2D eigenvalue weighted by molar-refractivity contribution is 9.11. The third-order valence-electron chi connectivity index (χ3n) is 5.08. The fraction of sp³-hybridized carbons (Fsp3) is 0.0741. The van der Waals surface area contributed by atoms with Crippen molar-refractivity contribution in [3.63, 3.8) is 0 Å². The first-order valence-electron chi connectivity index (χ1n) is 10.7. The van der Waals surface area contributed by atoms with Gasteiger partial charge in [-0.2, -0.15) is 5.10 Å². The number of hydrogen-bond donors (Lipinski definition) is 1. The number of hydrazone groups is 1. The summed E-state index contributed by atoms with van der Waals surface area (Å²) < 4.78 is 17.8. The summed E-state index contributed by atoms with van der Waals surface area (Å²) in [6.07, 6.45) is 1.39. The number of ether oxygens (including phenoxy) is 3. The van der Waals surface area contributed by atoms with Gasteiger partial charge in [0, 0.05) is 10.0 Å². The predicted octanol–water partition coefficient (Wildman–Crippen LogP) is 6.12. The van der Waals surface area contributed by atoms with Crippen LogP contribution in [-0.4, -0.2) is 31.8 Å². The van der Waals surface area contributed by atoms with E-state index < -0.39 is 11.9 Å². The molecule has 36 heavy (non-hydrogen) atoms. The molecule has 0 saturated heterocycles. The number of fused-ring (bicyclic) bond motifs is 1. The van der Waals surface area contributed by atoms with Gasteiger partial charge in [-0.05, 0) is 75.2 Å². The fourth-order valence-corrected chi connectivity index (χ4v) is 4.26. The molecule has 182 valence electrons. The average Bonchev–Trinajstić information content (AvgIpc) is 2.90. The van der Waals surface area contributed by atoms with Gasteiger partial charge in [-0.25, -0.2) is 10.2 Å². The normalized spacial score (nSPS) is 10.9. The van der Waals surface area contributed by atoms with E-state index in [9.17, 15) is 9.59 Å². The third kappa shape index (κ3) is 6.30. The lowest BCUT2D eigenvalue weighted by Gasteiger charge is -2.10. The predicted molar refractivity (Wildman–Crippen MR) is 145 cm³/mol. The van der Waals surface area contributed by atoms with Crippen molar-refractivity contribution >= 4 is 60.7 Å². The Morgan fingerprint density at radius 3 is 2.47 bits per heavy atom. The minimum absolute atomic E-state index is 0.230. The van der Waals surface area contributed by atoms with Gasteiger partial charge in [-0.15, -0.1) is 0 Å². The van der Waals surface area contributed by atoms with Crippen LogP contribution in [0.5, 0.6) is 17.2 Å². The molecular formula is C27H20Br2N2O5. The highest BCUT2D eigenvalue weighted by Gasteiger charge is 2.12. The Hall–Kier alpha value is -3.69. The summed E-state index contributed by atoms with van der Waals surface area (Å²) in [6, 6.07) is 23.2. The van der Waals surface area contributed by atoms with Gasteiger partial charge in [0.2, 0.25) is 0 Å². The summed E-state index contributed by atoms with van der Waals surface area (Å²) in [5.41, 5.74) is 3.28. The summed E-state index contributed by atoms with van der Waals surface area (Å²) >= 11 is 6.93. The molecule has 0 bridgehead atoms. The maximum atomic E-state index is 12.6. The highest BCUT2D eigenvalue weighted by atomic mass is 79.9. The number of nitrogens with zero attached hydrogens (tertiary/aromatic N) is 1. The van der Waals surface area contributed by atoms with Crippen LogP contribution in [-0.2, 0) is 4.79 Å². The van der Waals surface area contributed by atoms with Gasteiger partial charge >= 0.3 is 5.97 Å². The Morgan fingerprint density at radius 1 is 0.944 bits per heavy atom. The molecule has 4 aromatic carbocycles. The molecule has 7 nitrogen and oxygen atoms in total. The number of benzene rings is 4. The molecule has 0 aliphatic carbocycles. The second kappa shape index (κ2) is 11.8. The molecule has 0 atom stereocenters. The van der Waals surface area contributed by atoms with Gasteiger partial charge < -0.3 is 14.2 Å². The third-order valence-corrected chi connectivity index (χ3v) is 6.39. The van der Waals surface area contributed by atoms with Crippen LogP contribution in [0.15, 0.2) is 92.9 Å². The number of rotatable bonds is 8. The van der Waals surface area contributed by atoms with E-state index in [1.54, 1.807) is 55.6 Å². The standard InChI is InChI=1S/C27H20Br2N2O5/c1-34-21-10-6-18(7-11-21)27(33)36-23-13-9-20(28)14-19(23)15-30-31-25(32)16-35-24-12-8-17-4-2-3-5-22(17)26(24)29/h2-15H,16H2,1H3,(H,31,32)/b30-15-. The number of halogens is 2. The zero-order valence-electron chi connectivity index (χ0n) is 19.0. The number of nitrogens with one attached hydrogen (secondary N) is 1. The molecule has 0 aromatic heterocycles. The number of hydrogen-bond acceptors (Lipinski definition) is 6. The Morgan fingerprint density at radius 2 is 1.69 bits per heavy atom. The maximum Gasteiger partial charge on any atom is 0.343 e. The van der Waals surface area contributed by atoms with Crippen LogP contribution in [0, 0.1) is 0 Å². The van der Waals surface area contributed by atoms with Crippen molar-refractivity contribution in [3.05, 3.63) is 98.9 Å². The van der Waals surface area contributed by atoms with Crippen LogP contribution < -0.4 is 19.6 Å². The van der Waals surface area contributed by atoms with E-state index in [0.29, 0.717) is 22.6 Å². The number of carbonyl (C=O) groups is 2. The number of carbonyl (C=O) groups excluding carboxylic acids is 2. The first-order valence-corrected chi connectivity index (χ1v) is 12.3. The van der Waals surface area contributed by atoms with Crippen LogP contribution in [0.3, 0.4) is 0 Å². The summed E-state index contributed by atoms with van der Waals surface area (Å²) in [5, 5.41) is 6.03. The zero-order valence-corrected chi connectivity index (χ0v) is 22.2. The monoisotopic (exact) mass is 610 g/mol. The molecular weight excluding hydrogens is 592 g/mol. The van der Waals surface area contributed by atoms with Crippen molar-refractivity contribution in [1.29, 1.82) is 0 Å². The molecule has 0 radical (unpaired) electrons. The van der Waals surface area contributed by atoms with Crippen LogP contribution in [0.25, 0.3) is 10.8 Å². The van der Waals surface area contributed by atoms with E-state index in [1.807, 2.05) is 30.3 Å². The van der Waals surface area contributed by atoms with E-state index in [-0.39, 0.29) is 12.4 Å². The zero-order chi connectivity index (χ0) is 25.5. The Kier molecular flexibility index (Phi) is 8.35. The van der Waals surface area contributed by atoms with E-state index in [1.165, 1.54) is 6.21 Å². The average molecular weight is 612 g/mol. The highest BCUT2D eigenvalue weighted by Crippen LogP contribution is 2.33. The van der Waals surface area contributed by atoms with E-state index in [2.05, 4.69) is 42.4 Å². The van der Waals surface area contributed by atoms with Gasteiger partial charge in [0.25, 0.3) is 5.91 Å². The fourth-order valence-electron chi connectivity index (χ4n) is 3.27. The molecule has 4 rings (SSSR count). The lowest BCUT2D eigenvalue weighted by molar-refractivity contribution is -0.123. The van der Waals surface area contributed by atoms with E-state index in [0.717, 1.165) is 19.7 Å². The van der Waals surface area contributed by atoms with Crippen molar-refractivity contribution in [2.24, 2.45) is 5.10 Å². The Bertz CT molecular complexity index is 1440. The number of methoxy groups -OCH3 is 1. The van der Waals surface area contributed by atoms with Crippen molar-refractivity contribution < 1.29 is 23.8 Å². The topological polar surface area (TPSA) is 86.2 Å². The summed E-state index contributed by atoms with van der Waals surface area (Å²) in [4.78, 5) is 24.8. The molecule has 0 heterocycles. The quantitative estimate of drug-likeness (QED) is 0.112. The van der Waals surface area contributed by atoms with Crippen molar-refractivity contribution in [3.8, 4) is 17.2 Å². The van der Waals surface area contributed by atoms with Crippen LogP contribution >= 0.6 is 31.9 Å². The first-order chi connectivity index (χ1) is 17.4. The molecule has 9 heteroatoms. The van der Waals surface area contributed by atoms with Gasteiger partial charge in [-0.3, -0.25) is 4.79 Å². The second-order valence-electron chi connectivity index (χ2n) is 7.48. The van der Waals surface area contributed by atoms with Crippen LogP contribution in [0.4, 0.5) is 0 Å². The minimum atomic E-state index is -0.534. The minimum Gasteiger partial charge on any atom is -0.497 e. The molecule has 4 aromatic rings. The lowest BCUT2D eigenvalue weighted by Crippen LogP contribution is -2.24. The summed E-state index contributed by atoms with van der Waals surface area (Å²) in [6.45, 7) is -0.230. The van der Waals surface area contributed by atoms with Gasteiger partial charge in [0.05, 0.1) is 23.4 Å². The van der Waals surface area contributed by atoms with Gasteiger partial charge in [0.1, 0.15) is 17.2 Å². The van der Waals surface area contributed by atoms with Gasteiger partial charge in [-0.1, -0.05) is 46.3 Å². The van der Waals surface area contributed by atoms with Crippen molar-refractivity contribution in [2.75, 3.05) is 13.7 Å². The molecule has 0 aliphatic heterocycles. The molecule has 0 aliphatic rings.